The van der Waals surface area contributed by atoms with E-state index in [0.717, 1.165) is 42.6 Å². The molecular formula is C37H45F3O5. The third-order valence-corrected chi connectivity index (χ3v) is 7.56. The van der Waals surface area contributed by atoms with Crippen LogP contribution in [0.1, 0.15) is 112 Å². The van der Waals surface area contributed by atoms with Gasteiger partial charge in [-0.2, -0.15) is 13.2 Å². The summed E-state index contributed by atoms with van der Waals surface area (Å²) in [5.41, 5.74) is 2.18. The van der Waals surface area contributed by atoms with Crippen LogP contribution in [-0.4, -0.2) is 30.8 Å². The molecule has 0 bridgehead atoms. The van der Waals surface area contributed by atoms with Crippen LogP contribution in [-0.2, 0) is 4.74 Å². The molecule has 3 rings (SSSR count). The molecule has 0 aliphatic carbocycles. The van der Waals surface area contributed by atoms with Gasteiger partial charge in [-0.25, -0.2) is 9.59 Å². The molecule has 0 saturated carbocycles. The molecule has 0 unspecified atom stereocenters. The minimum atomic E-state index is -4.64. The fourth-order valence-corrected chi connectivity index (χ4v) is 4.86. The van der Waals surface area contributed by atoms with Gasteiger partial charge in [-0.3, -0.25) is 0 Å². The number of carbonyl (C=O) groups excluding carboxylic acids is 2. The number of halogens is 3. The van der Waals surface area contributed by atoms with Gasteiger partial charge >= 0.3 is 18.1 Å². The highest BCUT2D eigenvalue weighted by atomic mass is 19.4. The molecule has 0 radical (unpaired) electrons. The zero-order valence-corrected chi connectivity index (χ0v) is 26.4. The number of carbonyl (C=O) groups is 2. The number of ether oxygens (including phenoxy) is 3. The molecule has 0 aliphatic rings. The summed E-state index contributed by atoms with van der Waals surface area (Å²) in [7, 11) is 0. The van der Waals surface area contributed by atoms with Crippen molar-refractivity contribution in [3.8, 4) is 22.6 Å². The van der Waals surface area contributed by atoms with Crippen molar-refractivity contribution in [2.24, 2.45) is 0 Å². The summed E-state index contributed by atoms with van der Waals surface area (Å²) >= 11 is 0. The van der Waals surface area contributed by atoms with Crippen molar-refractivity contribution in [3.05, 3.63) is 83.9 Å². The highest BCUT2D eigenvalue weighted by Gasteiger charge is 2.42. The van der Waals surface area contributed by atoms with Crippen molar-refractivity contribution in [1.29, 1.82) is 0 Å². The van der Waals surface area contributed by atoms with E-state index in [1.807, 2.05) is 43.3 Å². The standard InChI is InChI=1S/C37H45F3O5/c1-3-5-7-9-11-13-27-43-32-23-19-29(20-24-32)28-15-17-30(18-16-28)35(41)44-33-25-21-31(22-26-33)36(42)45-34(37(38,39)40)14-12-10-8-6-4-2/h15-26,34H,3-14,27H2,1-2H3/t34-/m1/s1. The highest BCUT2D eigenvalue weighted by Crippen LogP contribution is 2.29. The molecule has 3 aromatic rings. The smallest absolute Gasteiger partial charge is 0.425 e. The van der Waals surface area contributed by atoms with E-state index in [0.29, 0.717) is 25.0 Å². The Balaban J connectivity index is 1.48. The first-order valence-electron chi connectivity index (χ1n) is 16.1. The van der Waals surface area contributed by atoms with E-state index >= 15 is 0 Å². The molecule has 1 atom stereocenters. The molecule has 3 aromatic carbocycles. The van der Waals surface area contributed by atoms with Crippen molar-refractivity contribution in [3.63, 3.8) is 0 Å². The normalized spacial score (nSPS) is 12.0. The van der Waals surface area contributed by atoms with Crippen molar-refractivity contribution < 1.29 is 37.0 Å². The molecule has 5 nitrogen and oxygen atoms in total. The minimum absolute atomic E-state index is 0.0572. The van der Waals surface area contributed by atoms with Crippen LogP contribution in [0.15, 0.2) is 72.8 Å². The Labute approximate surface area is 265 Å². The first kappa shape index (κ1) is 35.7. The summed E-state index contributed by atoms with van der Waals surface area (Å²) in [5, 5.41) is 0. The fourth-order valence-electron chi connectivity index (χ4n) is 4.86. The summed E-state index contributed by atoms with van der Waals surface area (Å²) in [5.74, 6) is -0.697. The van der Waals surface area contributed by atoms with Crippen molar-refractivity contribution in [1.82, 2.24) is 0 Å². The van der Waals surface area contributed by atoms with Gasteiger partial charge in [0.05, 0.1) is 17.7 Å². The fraction of sp³-hybridized carbons (Fsp3) is 0.459. The van der Waals surface area contributed by atoms with E-state index in [1.165, 1.54) is 56.4 Å². The molecule has 0 saturated heterocycles. The molecule has 0 aliphatic heterocycles. The first-order valence-corrected chi connectivity index (χ1v) is 16.1. The Bertz CT molecular complexity index is 1290. The molecule has 0 spiro atoms. The number of hydrogen-bond acceptors (Lipinski definition) is 5. The van der Waals surface area contributed by atoms with Crippen LogP contribution >= 0.6 is 0 Å². The molecule has 0 amide bonds. The maximum absolute atomic E-state index is 13.4. The molecule has 8 heteroatoms. The Kier molecular flexibility index (Phi) is 15.0. The van der Waals surface area contributed by atoms with Crippen LogP contribution in [0.5, 0.6) is 11.5 Å². The Morgan fingerprint density at radius 2 is 1.07 bits per heavy atom. The van der Waals surface area contributed by atoms with Crippen LogP contribution < -0.4 is 9.47 Å². The molecule has 0 N–H and O–H groups in total. The van der Waals surface area contributed by atoms with Gasteiger partial charge in [0.1, 0.15) is 11.5 Å². The lowest BCUT2D eigenvalue weighted by atomic mass is 10.0. The molecule has 244 valence electrons. The van der Waals surface area contributed by atoms with E-state index in [2.05, 4.69) is 6.92 Å². The lowest BCUT2D eigenvalue weighted by molar-refractivity contribution is -0.206. The summed E-state index contributed by atoms with van der Waals surface area (Å²) in [6.07, 6.45) is 3.99. The largest absolute Gasteiger partial charge is 0.494 e. The number of alkyl halides is 3. The van der Waals surface area contributed by atoms with Crippen molar-refractivity contribution in [2.45, 2.75) is 103 Å². The van der Waals surface area contributed by atoms with E-state index in [1.54, 1.807) is 12.1 Å². The van der Waals surface area contributed by atoms with Crippen LogP contribution in [0.3, 0.4) is 0 Å². The highest BCUT2D eigenvalue weighted by molar-refractivity contribution is 5.92. The Morgan fingerprint density at radius 1 is 0.600 bits per heavy atom. The van der Waals surface area contributed by atoms with Crippen LogP contribution in [0, 0.1) is 0 Å². The summed E-state index contributed by atoms with van der Waals surface area (Å²) in [6.45, 7) is 4.94. The SMILES string of the molecule is CCCCCCCCOc1ccc(-c2ccc(C(=O)Oc3ccc(C(=O)O[C@H](CCCCCCC)C(F)(F)F)cc3)cc2)cc1. The van der Waals surface area contributed by atoms with Crippen LogP contribution in [0.25, 0.3) is 11.1 Å². The van der Waals surface area contributed by atoms with Crippen LogP contribution in [0.4, 0.5) is 13.2 Å². The predicted molar refractivity (Wildman–Crippen MR) is 171 cm³/mol. The lowest BCUT2D eigenvalue weighted by Crippen LogP contribution is -2.33. The zero-order chi connectivity index (χ0) is 32.5. The maximum atomic E-state index is 13.4. The second kappa shape index (κ2) is 18.9. The predicted octanol–water partition coefficient (Wildman–Crippen LogP) is 10.8. The average molecular weight is 627 g/mol. The minimum Gasteiger partial charge on any atom is -0.494 e. The average Bonchev–Trinajstić information content (AvgIpc) is 3.04. The zero-order valence-electron chi connectivity index (χ0n) is 26.4. The Hall–Kier alpha value is -3.81. The molecule has 0 aromatic heterocycles. The number of esters is 2. The summed E-state index contributed by atoms with van der Waals surface area (Å²) in [4.78, 5) is 25.1. The number of hydrogen-bond donors (Lipinski definition) is 0. The monoisotopic (exact) mass is 626 g/mol. The van der Waals surface area contributed by atoms with Crippen molar-refractivity contribution >= 4 is 11.9 Å². The van der Waals surface area contributed by atoms with Gasteiger partial charge in [0.2, 0.25) is 0 Å². The molecule has 0 heterocycles. The van der Waals surface area contributed by atoms with E-state index < -0.39 is 24.2 Å². The maximum Gasteiger partial charge on any atom is 0.425 e. The van der Waals surface area contributed by atoms with Gasteiger partial charge in [0.15, 0.2) is 6.10 Å². The van der Waals surface area contributed by atoms with Crippen molar-refractivity contribution in [2.75, 3.05) is 6.61 Å². The first-order chi connectivity index (χ1) is 21.7. The van der Waals surface area contributed by atoms with Crippen LogP contribution in [0.2, 0.25) is 0 Å². The molecule has 0 fully saturated rings. The number of benzene rings is 3. The van der Waals surface area contributed by atoms with E-state index in [4.69, 9.17) is 14.2 Å². The van der Waals surface area contributed by atoms with Gasteiger partial charge in [-0.15, -0.1) is 0 Å². The number of unbranched alkanes of at least 4 members (excludes halogenated alkanes) is 9. The molecular weight excluding hydrogens is 581 g/mol. The van der Waals surface area contributed by atoms with Gasteiger partial charge in [-0.1, -0.05) is 95.9 Å². The quantitative estimate of drug-likeness (QED) is 0.0753. The Morgan fingerprint density at radius 3 is 1.64 bits per heavy atom. The lowest BCUT2D eigenvalue weighted by Gasteiger charge is -2.20. The van der Waals surface area contributed by atoms with Gasteiger partial charge < -0.3 is 14.2 Å². The molecule has 45 heavy (non-hydrogen) atoms. The van der Waals surface area contributed by atoms with E-state index in [9.17, 15) is 22.8 Å². The third-order valence-electron chi connectivity index (χ3n) is 7.56. The van der Waals surface area contributed by atoms with Gasteiger partial charge in [0, 0.05) is 0 Å². The third kappa shape index (κ3) is 12.6. The van der Waals surface area contributed by atoms with Gasteiger partial charge in [0.25, 0.3) is 0 Å². The van der Waals surface area contributed by atoms with E-state index in [-0.39, 0.29) is 17.7 Å². The summed E-state index contributed by atoms with van der Waals surface area (Å²) in [6, 6.07) is 20.1. The number of rotatable bonds is 19. The topological polar surface area (TPSA) is 61.8 Å². The van der Waals surface area contributed by atoms with Gasteiger partial charge in [-0.05, 0) is 78.9 Å². The second-order valence-corrected chi connectivity index (χ2v) is 11.3. The summed E-state index contributed by atoms with van der Waals surface area (Å²) < 4.78 is 56.3. The second-order valence-electron chi connectivity index (χ2n) is 11.3.